The lowest BCUT2D eigenvalue weighted by molar-refractivity contribution is -0.384. The molecule has 0 heterocycles. The molecule has 0 saturated heterocycles. The Morgan fingerprint density at radius 3 is 2.78 bits per heavy atom. The smallest absolute Gasteiger partial charge is 0.269 e. The Morgan fingerprint density at radius 2 is 2.22 bits per heavy atom. The maximum atomic E-state index is 11.6. The number of non-ortho nitro benzene ring substituents is 1. The number of amides is 1. The molecular formula is C12H15N3O3. The molecule has 0 aromatic heterocycles. The minimum atomic E-state index is -0.451. The molecule has 0 radical (unpaired) electrons. The fourth-order valence-corrected chi connectivity index (χ4v) is 1.62. The van der Waals surface area contributed by atoms with Gasteiger partial charge in [0.1, 0.15) is 0 Å². The van der Waals surface area contributed by atoms with Gasteiger partial charge >= 0.3 is 0 Å². The van der Waals surface area contributed by atoms with Gasteiger partial charge in [-0.3, -0.25) is 14.9 Å². The van der Waals surface area contributed by atoms with Gasteiger partial charge in [0.05, 0.1) is 11.5 Å². The van der Waals surface area contributed by atoms with Gasteiger partial charge in [0.15, 0.2) is 0 Å². The highest BCUT2D eigenvalue weighted by atomic mass is 16.6. The monoisotopic (exact) mass is 249 g/mol. The van der Waals surface area contributed by atoms with Crippen molar-refractivity contribution in [2.75, 3.05) is 11.9 Å². The van der Waals surface area contributed by atoms with E-state index in [2.05, 4.69) is 10.6 Å². The first-order valence-electron chi connectivity index (χ1n) is 5.84. The first kappa shape index (κ1) is 12.5. The van der Waals surface area contributed by atoms with E-state index in [-0.39, 0.29) is 18.1 Å². The Labute approximate surface area is 105 Å². The Balaban J connectivity index is 1.95. The second kappa shape index (κ2) is 5.14. The van der Waals surface area contributed by atoms with Crippen molar-refractivity contribution in [2.24, 2.45) is 0 Å². The van der Waals surface area contributed by atoms with E-state index >= 15 is 0 Å². The summed E-state index contributed by atoms with van der Waals surface area (Å²) in [5.41, 5.74) is 1.33. The summed E-state index contributed by atoms with van der Waals surface area (Å²) in [4.78, 5) is 21.7. The molecule has 2 N–H and O–H groups in total. The van der Waals surface area contributed by atoms with Gasteiger partial charge in [0.25, 0.3) is 5.69 Å². The molecule has 1 aliphatic carbocycles. The largest absolute Gasteiger partial charge is 0.325 e. The van der Waals surface area contributed by atoms with Crippen LogP contribution in [0.5, 0.6) is 0 Å². The molecule has 1 saturated carbocycles. The molecular weight excluding hydrogens is 234 g/mol. The van der Waals surface area contributed by atoms with E-state index in [4.69, 9.17) is 0 Å². The molecule has 6 heteroatoms. The summed E-state index contributed by atoms with van der Waals surface area (Å²) in [5, 5.41) is 16.4. The number of hydrogen-bond donors (Lipinski definition) is 2. The molecule has 18 heavy (non-hydrogen) atoms. The Kier molecular flexibility index (Phi) is 3.57. The van der Waals surface area contributed by atoms with Crippen molar-refractivity contribution >= 4 is 17.3 Å². The normalized spacial score (nSPS) is 14.3. The zero-order chi connectivity index (χ0) is 13.1. The average Bonchev–Trinajstić information content (AvgIpc) is 3.13. The summed E-state index contributed by atoms with van der Waals surface area (Å²) in [6.07, 6.45) is 2.26. The van der Waals surface area contributed by atoms with Crippen LogP contribution in [-0.4, -0.2) is 23.4 Å². The molecule has 0 aliphatic heterocycles. The number of nitro benzene ring substituents is 1. The van der Waals surface area contributed by atoms with E-state index in [0.29, 0.717) is 17.3 Å². The molecule has 1 amide bonds. The van der Waals surface area contributed by atoms with Crippen molar-refractivity contribution in [1.29, 1.82) is 0 Å². The molecule has 0 bridgehead atoms. The first-order chi connectivity index (χ1) is 8.56. The second-order valence-corrected chi connectivity index (χ2v) is 4.46. The van der Waals surface area contributed by atoms with Gasteiger partial charge in [0.2, 0.25) is 5.91 Å². The van der Waals surface area contributed by atoms with Crippen molar-refractivity contribution in [1.82, 2.24) is 5.32 Å². The number of carbonyl (C=O) groups is 1. The average molecular weight is 249 g/mol. The van der Waals surface area contributed by atoms with Crippen LogP contribution in [0.15, 0.2) is 18.2 Å². The van der Waals surface area contributed by atoms with Crippen molar-refractivity contribution < 1.29 is 9.72 Å². The zero-order valence-corrected chi connectivity index (χ0v) is 10.1. The number of aryl methyl sites for hydroxylation is 1. The Bertz CT molecular complexity index is 483. The topological polar surface area (TPSA) is 84.3 Å². The summed E-state index contributed by atoms with van der Waals surface area (Å²) in [7, 11) is 0. The highest BCUT2D eigenvalue weighted by Gasteiger charge is 2.21. The van der Waals surface area contributed by atoms with Gasteiger partial charge in [-0.2, -0.15) is 0 Å². The molecule has 0 atom stereocenters. The van der Waals surface area contributed by atoms with Crippen LogP contribution in [0, 0.1) is 17.0 Å². The number of benzene rings is 1. The molecule has 2 rings (SSSR count). The van der Waals surface area contributed by atoms with Crippen LogP contribution in [0.25, 0.3) is 0 Å². The van der Waals surface area contributed by atoms with Gasteiger partial charge in [0, 0.05) is 23.9 Å². The molecule has 96 valence electrons. The molecule has 0 unspecified atom stereocenters. The fourth-order valence-electron chi connectivity index (χ4n) is 1.62. The predicted octanol–water partition coefficient (Wildman–Crippen LogP) is 1.59. The summed E-state index contributed by atoms with van der Waals surface area (Å²) in [6.45, 7) is 2.01. The van der Waals surface area contributed by atoms with Crippen LogP contribution < -0.4 is 10.6 Å². The summed E-state index contributed by atoms with van der Waals surface area (Å²) >= 11 is 0. The third kappa shape index (κ3) is 3.27. The van der Waals surface area contributed by atoms with Crippen LogP contribution in [-0.2, 0) is 4.79 Å². The number of hydrogen-bond acceptors (Lipinski definition) is 4. The third-order valence-corrected chi connectivity index (χ3v) is 2.82. The van der Waals surface area contributed by atoms with Crippen molar-refractivity contribution in [3.63, 3.8) is 0 Å². The van der Waals surface area contributed by atoms with Gasteiger partial charge in [-0.25, -0.2) is 0 Å². The van der Waals surface area contributed by atoms with Crippen LogP contribution in [0.1, 0.15) is 18.4 Å². The highest BCUT2D eigenvalue weighted by Crippen LogP contribution is 2.21. The minimum absolute atomic E-state index is 0.0293. The number of carbonyl (C=O) groups excluding carboxylic acids is 1. The number of nitro groups is 1. The molecule has 1 fully saturated rings. The number of nitrogens with one attached hydrogen (secondary N) is 2. The maximum Gasteiger partial charge on any atom is 0.269 e. The Hall–Kier alpha value is -1.95. The van der Waals surface area contributed by atoms with E-state index < -0.39 is 4.92 Å². The zero-order valence-electron chi connectivity index (χ0n) is 10.1. The maximum absolute atomic E-state index is 11.6. The molecule has 1 aromatic rings. The van der Waals surface area contributed by atoms with Gasteiger partial charge < -0.3 is 10.6 Å². The van der Waals surface area contributed by atoms with E-state index in [1.807, 2.05) is 0 Å². The first-order valence-corrected chi connectivity index (χ1v) is 5.84. The number of anilines is 1. The summed E-state index contributed by atoms with van der Waals surface area (Å²) in [5.74, 6) is -0.126. The quantitative estimate of drug-likeness (QED) is 0.613. The summed E-state index contributed by atoms with van der Waals surface area (Å²) in [6, 6.07) is 4.87. The van der Waals surface area contributed by atoms with E-state index in [1.165, 1.54) is 12.1 Å². The van der Waals surface area contributed by atoms with Crippen LogP contribution >= 0.6 is 0 Å². The fraction of sp³-hybridized carbons (Fsp3) is 0.417. The highest BCUT2D eigenvalue weighted by molar-refractivity contribution is 5.93. The van der Waals surface area contributed by atoms with Crippen molar-refractivity contribution in [3.05, 3.63) is 33.9 Å². The Morgan fingerprint density at radius 1 is 1.50 bits per heavy atom. The van der Waals surface area contributed by atoms with Crippen LogP contribution in [0.4, 0.5) is 11.4 Å². The van der Waals surface area contributed by atoms with Gasteiger partial charge in [-0.15, -0.1) is 0 Å². The van der Waals surface area contributed by atoms with E-state index in [1.54, 1.807) is 13.0 Å². The second-order valence-electron chi connectivity index (χ2n) is 4.46. The molecule has 1 aliphatic rings. The lowest BCUT2D eigenvalue weighted by Crippen LogP contribution is -2.29. The lowest BCUT2D eigenvalue weighted by Gasteiger charge is -2.08. The summed E-state index contributed by atoms with van der Waals surface area (Å²) < 4.78 is 0. The van der Waals surface area contributed by atoms with E-state index in [0.717, 1.165) is 12.8 Å². The van der Waals surface area contributed by atoms with Crippen LogP contribution in [0.3, 0.4) is 0 Å². The minimum Gasteiger partial charge on any atom is -0.325 e. The molecule has 0 spiro atoms. The third-order valence-electron chi connectivity index (χ3n) is 2.82. The molecule has 1 aromatic carbocycles. The SMILES string of the molecule is Cc1cc([N+](=O)[O-])ccc1NC(=O)CNC1CC1. The predicted molar refractivity (Wildman–Crippen MR) is 67.5 cm³/mol. The lowest BCUT2D eigenvalue weighted by atomic mass is 10.2. The number of rotatable bonds is 5. The van der Waals surface area contributed by atoms with Gasteiger partial charge in [-0.1, -0.05) is 0 Å². The number of nitrogens with zero attached hydrogens (tertiary/aromatic N) is 1. The molecule has 6 nitrogen and oxygen atoms in total. The van der Waals surface area contributed by atoms with Crippen LogP contribution in [0.2, 0.25) is 0 Å². The van der Waals surface area contributed by atoms with E-state index in [9.17, 15) is 14.9 Å². The van der Waals surface area contributed by atoms with Crippen molar-refractivity contribution in [2.45, 2.75) is 25.8 Å². The van der Waals surface area contributed by atoms with Crippen molar-refractivity contribution in [3.8, 4) is 0 Å². The standard InChI is InChI=1S/C12H15N3O3/c1-8-6-10(15(17)18)4-5-11(8)14-12(16)7-13-9-2-3-9/h4-6,9,13H,2-3,7H2,1H3,(H,14,16). The van der Waals surface area contributed by atoms with Gasteiger partial charge in [-0.05, 0) is 31.4 Å².